The lowest BCUT2D eigenvalue weighted by Gasteiger charge is -2.14. The molecule has 2 rings (SSSR count). The van der Waals surface area contributed by atoms with Crippen LogP contribution < -0.4 is 16.0 Å². The van der Waals surface area contributed by atoms with Crippen molar-refractivity contribution in [3.63, 3.8) is 0 Å². The van der Waals surface area contributed by atoms with E-state index in [-0.39, 0.29) is 12.3 Å². The Morgan fingerprint density at radius 3 is 2.46 bits per heavy atom. The third-order valence-corrected chi connectivity index (χ3v) is 4.01. The molecule has 0 saturated carbocycles. The molecule has 0 fully saturated rings. The van der Waals surface area contributed by atoms with Crippen LogP contribution in [0, 0.1) is 0 Å². The number of aliphatic carboxylic acids is 1. The number of carboxylic acids is 1. The summed E-state index contributed by atoms with van der Waals surface area (Å²) < 4.78 is -0.478. The van der Waals surface area contributed by atoms with Gasteiger partial charge in [0.25, 0.3) is 16.3 Å². The van der Waals surface area contributed by atoms with Gasteiger partial charge in [0.05, 0.1) is 4.77 Å². The van der Waals surface area contributed by atoms with Gasteiger partial charge >= 0.3 is 5.97 Å². The number of hydrogen-bond donors (Lipinski definition) is 4. The lowest BCUT2D eigenvalue weighted by atomic mass is 10.1. The normalized spacial score (nSPS) is 11.3. The molecule has 2 aromatic rings. The number of anilines is 2. The minimum absolute atomic E-state index is 0.103. The van der Waals surface area contributed by atoms with Gasteiger partial charge in [-0.1, -0.05) is 18.2 Å². The van der Waals surface area contributed by atoms with Crippen molar-refractivity contribution >= 4 is 44.4 Å². The quantitative estimate of drug-likeness (QED) is 0.359. The summed E-state index contributed by atoms with van der Waals surface area (Å²) in [6, 6.07) is 11.5. The maximum Gasteiger partial charge on any atom is 0.326 e. The fourth-order valence-corrected chi connectivity index (χ4v) is 2.69. The van der Waals surface area contributed by atoms with Crippen LogP contribution in [-0.4, -0.2) is 55.6 Å². The summed E-state index contributed by atoms with van der Waals surface area (Å²) in [5.41, 5.74) is 1.37. The molecular weight excluding hydrogens is 375 g/mol. The molecule has 0 aliphatic carbocycles. The van der Waals surface area contributed by atoms with Crippen molar-refractivity contribution in [1.82, 2.24) is 10.3 Å². The number of carboxylic acid groups (broad SMARTS) is 1. The molecule has 28 heavy (non-hydrogen) atoms. The third-order valence-electron chi connectivity index (χ3n) is 3.84. The molecular formula is C19H21AlN4O4. The zero-order valence-electron chi connectivity index (χ0n) is 15.2. The Morgan fingerprint density at radius 2 is 1.86 bits per heavy atom. The SMILES string of the molecule is O=[C]([Al])N[C@@H](Cc1ccc(NC(=O)CCCNc2ccccn2)cc1)C(=O)O. The highest BCUT2D eigenvalue weighted by molar-refractivity contribution is 6.57. The van der Waals surface area contributed by atoms with Gasteiger partial charge in [0, 0.05) is 31.3 Å². The van der Waals surface area contributed by atoms with Gasteiger partial charge in [-0.05, 0) is 36.2 Å². The van der Waals surface area contributed by atoms with Crippen molar-refractivity contribution in [1.29, 1.82) is 0 Å². The number of nitrogens with one attached hydrogen (secondary N) is 3. The van der Waals surface area contributed by atoms with E-state index in [9.17, 15) is 14.4 Å². The average Bonchev–Trinajstić information content (AvgIpc) is 2.66. The molecule has 0 unspecified atom stereocenters. The molecule has 2 radical (unpaired) electrons. The summed E-state index contributed by atoms with van der Waals surface area (Å²) in [5, 5.41) is 17.4. The van der Waals surface area contributed by atoms with Crippen molar-refractivity contribution in [2.75, 3.05) is 17.2 Å². The predicted molar refractivity (Wildman–Crippen MR) is 106 cm³/mol. The average molecular weight is 396 g/mol. The first-order valence-corrected chi connectivity index (χ1v) is 9.34. The summed E-state index contributed by atoms with van der Waals surface area (Å²) >= 11 is 1.89. The van der Waals surface area contributed by atoms with Crippen LogP contribution in [0.15, 0.2) is 48.7 Å². The fourth-order valence-electron chi connectivity index (χ4n) is 2.49. The highest BCUT2D eigenvalue weighted by Gasteiger charge is 2.18. The number of rotatable bonds is 10. The van der Waals surface area contributed by atoms with Gasteiger partial charge in [0.1, 0.15) is 11.9 Å². The Labute approximate surface area is 171 Å². The van der Waals surface area contributed by atoms with Crippen LogP contribution in [0.1, 0.15) is 18.4 Å². The Kier molecular flexibility index (Phi) is 8.46. The maximum atomic E-state index is 12.0. The number of amides is 2. The lowest BCUT2D eigenvalue weighted by Crippen LogP contribution is -2.41. The van der Waals surface area contributed by atoms with Crippen LogP contribution in [0.25, 0.3) is 0 Å². The van der Waals surface area contributed by atoms with Gasteiger partial charge in [0.2, 0.25) is 5.91 Å². The zero-order chi connectivity index (χ0) is 20.4. The smallest absolute Gasteiger partial charge is 0.326 e. The molecule has 1 heterocycles. The van der Waals surface area contributed by atoms with E-state index >= 15 is 0 Å². The second kappa shape index (κ2) is 11.1. The van der Waals surface area contributed by atoms with E-state index in [1.54, 1.807) is 30.5 Å². The van der Waals surface area contributed by atoms with Gasteiger partial charge in [-0.15, -0.1) is 0 Å². The molecule has 9 heteroatoms. The molecule has 0 aliphatic heterocycles. The Balaban J connectivity index is 1.75. The maximum absolute atomic E-state index is 12.0. The standard InChI is InChI=1S/C19H21N4O4.Al/c24-13-22-16(19(26)27)12-14-6-8-15(9-7-14)23-18(25)5-3-11-21-17-4-1-2-10-20-17;/h1-2,4,6-10,16H,3,5,11-12H2,(H,20,21)(H,22,24)(H,23,25)(H,26,27);/t16-;/m0./s1. The van der Waals surface area contributed by atoms with E-state index < -0.39 is 16.8 Å². The molecule has 144 valence electrons. The summed E-state index contributed by atoms with van der Waals surface area (Å²) in [6.45, 7) is 0.640. The van der Waals surface area contributed by atoms with Gasteiger partial charge in [-0.25, -0.2) is 9.78 Å². The van der Waals surface area contributed by atoms with E-state index in [2.05, 4.69) is 20.9 Å². The van der Waals surface area contributed by atoms with Crippen LogP contribution in [0.5, 0.6) is 0 Å². The van der Waals surface area contributed by atoms with Crippen molar-refractivity contribution in [2.45, 2.75) is 25.3 Å². The highest BCUT2D eigenvalue weighted by atomic mass is 27.0. The summed E-state index contributed by atoms with van der Waals surface area (Å²) in [5.74, 6) is -0.433. The number of nitrogens with zero attached hydrogens (tertiary/aromatic N) is 1. The topological polar surface area (TPSA) is 120 Å². The highest BCUT2D eigenvalue weighted by Crippen LogP contribution is 2.12. The van der Waals surface area contributed by atoms with Crippen molar-refractivity contribution in [3.8, 4) is 0 Å². The van der Waals surface area contributed by atoms with Crippen LogP contribution in [0.2, 0.25) is 0 Å². The van der Waals surface area contributed by atoms with E-state index in [1.165, 1.54) is 0 Å². The summed E-state index contributed by atoms with van der Waals surface area (Å²) in [7, 11) is 0. The number of hydrogen-bond acceptors (Lipinski definition) is 5. The molecule has 8 nitrogen and oxygen atoms in total. The van der Waals surface area contributed by atoms with E-state index in [0.29, 0.717) is 25.1 Å². The number of carbonyl (C=O) groups excluding carboxylic acids is 2. The number of pyridine rings is 1. The Bertz CT molecular complexity index is 799. The third kappa shape index (κ3) is 7.78. The first kappa shape index (κ1) is 21.4. The second-order valence-electron chi connectivity index (χ2n) is 6.09. The Morgan fingerprint density at radius 1 is 1.11 bits per heavy atom. The van der Waals surface area contributed by atoms with Crippen LogP contribution >= 0.6 is 0 Å². The molecule has 4 N–H and O–H groups in total. The minimum Gasteiger partial charge on any atom is -0.480 e. The largest absolute Gasteiger partial charge is 0.480 e. The molecule has 0 saturated heterocycles. The van der Waals surface area contributed by atoms with Gasteiger partial charge < -0.3 is 25.9 Å². The zero-order valence-corrected chi connectivity index (χ0v) is 16.4. The first-order valence-electron chi connectivity index (χ1n) is 8.76. The monoisotopic (exact) mass is 396 g/mol. The van der Waals surface area contributed by atoms with Crippen molar-refractivity contribution < 1.29 is 19.5 Å². The van der Waals surface area contributed by atoms with Gasteiger partial charge in [-0.3, -0.25) is 4.79 Å². The first-order chi connectivity index (χ1) is 13.4. The number of aromatic nitrogens is 1. The molecule has 2 amide bonds. The van der Waals surface area contributed by atoms with Crippen molar-refractivity contribution in [2.24, 2.45) is 0 Å². The van der Waals surface area contributed by atoms with E-state index in [4.69, 9.17) is 5.11 Å². The molecule has 1 aromatic heterocycles. The molecule has 1 aromatic carbocycles. The van der Waals surface area contributed by atoms with Gasteiger partial charge in [0.15, 0.2) is 0 Å². The molecule has 0 bridgehead atoms. The van der Waals surface area contributed by atoms with E-state index in [1.807, 2.05) is 34.5 Å². The minimum atomic E-state index is -1.10. The molecule has 1 atom stereocenters. The van der Waals surface area contributed by atoms with Crippen molar-refractivity contribution in [3.05, 3.63) is 54.2 Å². The summed E-state index contributed by atoms with van der Waals surface area (Å²) in [6.07, 6.45) is 2.88. The predicted octanol–water partition coefficient (Wildman–Crippen LogP) is 1.79. The Hall–Kier alpha value is -2.89. The number of carbonyl (C=O) groups is 3. The fraction of sp³-hybridized carbons (Fsp3) is 0.263. The van der Waals surface area contributed by atoms with Crippen LogP contribution in [-0.2, 0) is 16.0 Å². The molecule has 0 spiro atoms. The lowest BCUT2D eigenvalue weighted by molar-refractivity contribution is -0.139. The summed E-state index contributed by atoms with van der Waals surface area (Å²) in [4.78, 5) is 38.4. The van der Waals surface area contributed by atoms with Crippen LogP contribution in [0.3, 0.4) is 0 Å². The number of benzene rings is 1. The van der Waals surface area contributed by atoms with E-state index in [0.717, 1.165) is 11.4 Å². The van der Waals surface area contributed by atoms with Crippen LogP contribution in [0.4, 0.5) is 16.3 Å². The molecule has 0 aliphatic rings. The second-order valence-corrected chi connectivity index (χ2v) is 6.62. The van der Waals surface area contributed by atoms with Gasteiger partial charge in [-0.2, -0.15) is 0 Å².